The van der Waals surface area contributed by atoms with Gasteiger partial charge in [0.25, 0.3) is 0 Å². The molecule has 15 heavy (non-hydrogen) atoms. The van der Waals surface area contributed by atoms with Gasteiger partial charge in [-0.05, 0) is 43.4 Å². The Morgan fingerprint density at radius 1 is 1.20 bits per heavy atom. The molecule has 0 aliphatic heterocycles. The summed E-state index contributed by atoms with van der Waals surface area (Å²) in [6.45, 7) is 0. The van der Waals surface area contributed by atoms with Gasteiger partial charge in [-0.1, -0.05) is 17.7 Å². The number of nitrogens with zero attached hydrogens (tertiary/aromatic N) is 1. The minimum atomic E-state index is 0.909. The summed E-state index contributed by atoms with van der Waals surface area (Å²) in [5.41, 5.74) is 4.27. The molecule has 0 bridgehead atoms. The Morgan fingerprint density at radius 2 is 2.00 bits per heavy atom. The fourth-order valence-electron chi connectivity index (χ4n) is 2.77. The lowest BCUT2D eigenvalue weighted by molar-refractivity contribution is 0.653. The smallest absolute Gasteiger partial charge is 0.0502 e. The Morgan fingerprint density at radius 3 is 2.87 bits per heavy atom. The first kappa shape index (κ1) is 9.29. The number of aromatic nitrogens is 1. The van der Waals surface area contributed by atoms with Gasteiger partial charge in [0.1, 0.15) is 0 Å². The van der Waals surface area contributed by atoms with Crippen LogP contribution in [0.5, 0.6) is 0 Å². The van der Waals surface area contributed by atoms with Gasteiger partial charge in [0.15, 0.2) is 0 Å². The van der Waals surface area contributed by atoms with Crippen molar-refractivity contribution in [3.05, 3.63) is 34.5 Å². The van der Waals surface area contributed by atoms with Crippen molar-refractivity contribution in [2.45, 2.75) is 25.7 Å². The first-order valence-electron chi connectivity index (χ1n) is 5.53. The average Bonchev–Trinajstić information content (AvgIpc) is 2.55. The van der Waals surface area contributed by atoms with Crippen LogP contribution in [0.4, 0.5) is 0 Å². The van der Waals surface area contributed by atoms with Crippen molar-refractivity contribution in [2.75, 3.05) is 0 Å². The average molecular weight is 220 g/mol. The third-order valence-electron chi connectivity index (χ3n) is 3.50. The summed E-state index contributed by atoms with van der Waals surface area (Å²) in [5, 5.41) is 2.20. The van der Waals surface area contributed by atoms with E-state index in [-0.39, 0.29) is 0 Å². The van der Waals surface area contributed by atoms with E-state index >= 15 is 0 Å². The standard InChI is InChI=1S/C13H14ClN/c1-15-11-7-3-2-5-9(11)13-10(14)6-4-8-12(13)15/h4,6,8H,2-3,5,7H2,1H3. The number of aryl methyl sites for hydroxylation is 2. The van der Waals surface area contributed by atoms with Crippen molar-refractivity contribution in [1.29, 1.82) is 0 Å². The molecule has 0 N–H and O–H groups in total. The van der Waals surface area contributed by atoms with Crippen LogP contribution >= 0.6 is 11.6 Å². The minimum absolute atomic E-state index is 0.909. The molecule has 0 atom stereocenters. The second-order valence-corrected chi connectivity index (χ2v) is 4.73. The van der Waals surface area contributed by atoms with Crippen molar-refractivity contribution in [1.82, 2.24) is 4.57 Å². The molecule has 0 unspecified atom stereocenters. The number of halogens is 1. The quantitative estimate of drug-likeness (QED) is 0.637. The number of rotatable bonds is 0. The zero-order chi connectivity index (χ0) is 10.4. The van der Waals surface area contributed by atoms with Gasteiger partial charge >= 0.3 is 0 Å². The lowest BCUT2D eigenvalue weighted by Crippen LogP contribution is -2.04. The van der Waals surface area contributed by atoms with Crippen LogP contribution in [0, 0.1) is 0 Å². The number of hydrogen-bond donors (Lipinski definition) is 0. The van der Waals surface area contributed by atoms with E-state index in [0.29, 0.717) is 0 Å². The Kier molecular flexibility index (Phi) is 2.03. The Labute approximate surface area is 94.7 Å². The molecule has 0 spiro atoms. The molecule has 2 heteroatoms. The highest BCUT2D eigenvalue weighted by Gasteiger charge is 2.19. The molecule has 1 nitrogen and oxygen atoms in total. The van der Waals surface area contributed by atoms with E-state index in [0.717, 1.165) is 5.02 Å². The third-order valence-corrected chi connectivity index (χ3v) is 3.81. The zero-order valence-corrected chi connectivity index (χ0v) is 9.64. The molecule has 78 valence electrons. The third kappa shape index (κ3) is 1.23. The van der Waals surface area contributed by atoms with E-state index in [2.05, 4.69) is 17.7 Å². The van der Waals surface area contributed by atoms with E-state index in [9.17, 15) is 0 Å². The van der Waals surface area contributed by atoms with Gasteiger partial charge in [-0.25, -0.2) is 0 Å². The van der Waals surface area contributed by atoms with Gasteiger partial charge in [0.2, 0.25) is 0 Å². The molecule has 1 aromatic heterocycles. The summed E-state index contributed by atoms with van der Waals surface area (Å²) >= 11 is 6.29. The molecule has 0 radical (unpaired) electrons. The Hall–Kier alpha value is -0.950. The molecule has 0 saturated heterocycles. The molecular weight excluding hydrogens is 206 g/mol. The van der Waals surface area contributed by atoms with Crippen molar-refractivity contribution in [3.8, 4) is 0 Å². The summed E-state index contributed by atoms with van der Waals surface area (Å²) in [4.78, 5) is 0. The summed E-state index contributed by atoms with van der Waals surface area (Å²) in [6.07, 6.45) is 5.01. The summed E-state index contributed by atoms with van der Waals surface area (Å²) in [5.74, 6) is 0. The largest absolute Gasteiger partial charge is 0.347 e. The highest BCUT2D eigenvalue weighted by Crippen LogP contribution is 2.35. The van der Waals surface area contributed by atoms with Crippen LogP contribution in [-0.4, -0.2) is 4.57 Å². The molecule has 0 fully saturated rings. The molecule has 0 saturated carbocycles. The maximum atomic E-state index is 6.29. The number of benzene rings is 1. The van der Waals surface area contributed by atoms with Crippen LogP contribution in [-0.2, 0) is 19.9 Å². The normalized spacial score (nSPS) is 15.6. The lowest BCUT2D eigenvalue weighted by Gasteiger charge is -2.13. The first-order valence-corrected chi connectivity index (χ1v) is 5.91. The van der Waals surface area contributed by atoms with E-state index in [1.807, 2.05) is 12.1 Å². The molecule has 1 heterocycles. The van der Waals surface area contributed by atoms with Crippen LogP contribution in [0.25, 0.3) is 10.9 Å². The number of fused-ring (bicyclic) bond motifs is 3. The predicted molar refractivity (Wildman–Crippen MR) is 64.6 cm³/mol. The van der Waals surface area contributed by atoms with E-state index in [4.69, 9.17) is 11.6 Å². The molecule has 1 aliphatic carbocycles. The van der Waals surface area contributed by atoms with E-state index in [1.54, 1.807) is 0 Å². The molecule has 3 rings (SSSR count). The van der Waals surface area contributed by atoms with Crippen LogP contribution in [0.3, 0.4) is 0 Å². The monoisotopic (exact) mass is 219 g/mol. The number of hydrogen-bond acceptors (Lipinski definition) is 0. The maximum absolute atomic E-state index is 6.29. The van der Waals surface area contributed by atoms with Crippen LogP contribution in [0.1, 0.15) is 24.1 Å². The highest BCUT2D eigenvalue weighted by molar-refractivity contribution is 6.35. The van der Waals surface area contributed by atoms with Crippen molar-refractivity contribution < 1.29 is 0 Å². The van der Waals surface area contributed by atoms with Crippen molar-refractivity contribution in [2.24, 2.45) is 7.05 Å². The summed E-state index contributed by atoms with van der Waals surface area (Å²) in [7, 11) is 2.16. The minimum Gasteiger partial charge on any atom is -0.347 e. The molecule has 1 aliphatic rings. The Bertz CT molecular complexity index is 525. The van der Waals surface area contributed by atoms with Gasteiger partial charge in [0, 0.05) is 23.6 Å². The van der Waals surface area contributed by atoms with Gasteiger partial charge < -0.3 is 4.57 Å². The SMILES string of the molecule is Cn1c2c(c3c(Cl)cccc31)CCCC2. The van der Waals surface area contributed by atoms with Gasteiger partial charge in [-0.15, -0.1) is 0 Å². The highest BCUT2D eigenvalue weighted by atomic mass is 35.5. The summed E-state index contributed by atoms with van der Waals surface area (Å²) in [6, 6.07) is 6.20. The second kappa shape index (κ2) is 3.28. The van der Waals surface area contributed by atoms with Crippen LogP contribution < -0.4 is 0 Å². The molecule has 1 aromatic carbocycles. The molecule has 2 aromatic rings. The predicted octanol–water partition coefficient (Wildman–Crippen LogP) is 3.71. The zero-order valence-electron chi connectivity index (χ0n) is 8.89. The van der Waals surface area contributed by atoms with E-state index < -0.39 is 0 Å². The second-order valence-electron chi connectivity index (χ2n) is 4.33. The fourth-order valence-corrected chi connectivity index (χ4v) is 3.05. The van der Waals surface area contributed by atoms with Gasteiger partial charge in [-0.2, -0.15) is 0 Å². The molecule has 0 amide bonds. The van der Waals surface area contributed by atoms with Gasteiger partial charge in [-0.3, -0.25) is 0 Å². The first-order chi connectivity index (χ1) is 7.29. The summed E-state index contributed by atoms with van der Waals surface area (Å²) < 4.78 is 2.32. The topological polar surface area (TPSA) is 4.93 Å². The van der Waals surface area contributed by atoms with Crippen LogP contribution in [0.15, 0.2) is 18.2 Å². The lowest BCUT2D eigenvalue weighted by atomic mass is 9.95. The van der Waals surface area contributed by atoms with Crippen molar-refractivity contribution >= 4 is 22.5 Å². The van der Waals surface area contributed by atoms with Crippen molar-refractivity contribution in [3.63, 3.8) is 0 Å². The van der Waals surface area contributed by atoms with E-state index in [1.165, 1.54) is 47.8 Å². The Balaban J connectivity index is 2.44. The van der Waals surface area contributed by atoms with Crippen LogP contribution in [0.2, 0.25) is 5.02 Å². The maximum Gasteiger partial charge on any atom is 0.0502 e. The van der Waals surface area contributed by atoms with Gasteiger partial charge in [0.05, 0.1) is 5.02 Å². The molecular formula is C13H14ClN. The fraction of sp³-hybridized carbons (Fsp3) is 0.385.